The molecule has 4 saturated carbocycles. The molecule has 8 nitrogen and oxygen atoms in total. The molecule has 6 rings (SSSR count). The summed E-state index contributed by atoms with van der Waals surface area (Å²) in [5.41, 5.74) is -1.65. The number of morpholine rings is 1. The van der Waals surface area contributed by atoms with Crippen LogP contribution in [0, 0.1) is 28.6 Å². The molecule has 3 N–H and O–H groups in total. The summed E-state index contributed by atoms with van der Waals surface area (Å²) in [6, 6.07) is 0. The Morgan fingerprint density at radius 2 is 1.86 bits per heavy atom. The molecule has 5 fully saturated rings. The number of rotatable bonds is 5. The van der Waals surface area contributed by atoms with Crippen LogP contribution in [-0.2, 0) is 14.3 Å². The number of aliphatic hydroxyl groups is 3. The summed E-state index contributed by atoms with van der Waals surface area (Å²) in [6.45, 7) is 7.53. The second-order valence-electron chi connectivity index (χ2n) is 13.0. The number of fused-ring (bicyclic) bond motifs is 5. The average molecular weight is 517 g/mol. The largest absolute Gasteiger partial charge is 0.458 e. The van der Waals surface area contributed by atoms with Gasteiger partial charge in [-0.1, -0.05) is 6.92 Å². The van der Waals surface area contributed by atoms with Crippen molar-refractivity contribution < 1.29 is 29.6 Å². The molecule has 4 aliphatic carbocycles. The van der Waals surface area contributed by atoms with Gasteiger partial charge in [0.05, 0.1) is 37.1 Å². The van der Waals surface area contributed by atoms with E-state index in [1.807, 2.05) is 0 Å². The van der Waals surface area contributed by atoms with Crippen molar-refractivity contribution in [3.63, 3.8) is 0 Å². The Morgan fingerprint density at radius 3 is 2.62 bits per heavy atom. The molecule has 2 aliphatic heterocycles. The minimum absolute atomic E-state index is 0.0658. The average Bonchev–Trinajstić information content (AvgIpc) is 3.42. The highest BCUT2D eigenvalue weighted by Gasteiger charge is 2.71. The third kappa shape index (κ3) is 3.96. The number of nitrogens with zero attached hydrogens (tertiary/aromatic N) is 2. The summed E-state index contributed by atoms with van der Waals surface area (Å²) in [7, 11) is 0. The first-order valence-corrected chi connectivity index (χ1v) is 14.5. The van der Waals surface area contributed by atoms with E-state index in [1.54, 1.807) is 6.08 Å². The van der Waals surface area contributed by atoms with E-state index in [-0.39, 0.29) is 29.1 Å². The van der Waals surface area contributed by atoms with Crippen molar-refractivity contribution in [2.24, 2.45) is 33.6 Å². The van der Waals surface area contributed by atoms with Crippen LogP contribution in [0.5, 0.6) is 0 Å². The smallest absolute Gasteiger partial charge is 0.331 e. The van der Waals surface area contributed by atoms with Gasteiger partial charge in [0, 0.05) is 49.2 Å². The van der Waals surface area contributed by atoms with Crippen molar-refractivity contribution in [1.82, 2.24) is 4.90 Å². The molecule has 0 aromatic rings. The zero-order chi connectivity index (χ0) is 25.9. The van der Waals surface area contributed by atoms with Crippen LogP contribution in [-0.4, -0.2) is 95.7 Å². The zero-order valence-electron chi connectivity index (χ0n) is 22.2. The maximum atomic E-state index is 12.5. The van der Waals surface area contributed by atoms with E-state index in [9.17, 15) is 20.1 Å². The van der Waals surface area contributed by atoms with Crippen LogP contribution in [0.3, 0.4) is 0 Å². The molecule has 206 valence electrons. The van der Waals surface area contributed by atoms with E-state index in [0.29, 0.717) is 45.3 Å². The molecular formula is C29H44N2O6. The summed E-state index contributed by atoms with van der Waals surface area (Å²) in [4.78, 5) is 19.2. The SMILES string of the molecule is C[C@]12CC[C@@H]3[C@H](CC[C@@]4(O)C[C@H](O)CC[C@]34C=NCCN3CCOCC3)[C@@]1(O)CC[C@H]2C1=CC(=O)OC1. The lowest BCUT2D eigenvalue weighted by Gasteiger charge is -2.65. The number of ether oxygens (including phenoxy) is 2. The number of esters is 1. The normalized spacial score (nSPS) is 48.3. The number of hydrogen-bond acceptors (Lipinski definition) is 8. The van der Waals surface area contributed by atoms with Crippen LogP contribution in [0.25, 0.3) is 0 Å². The molecule has 8 heteroatoms. The van der Waals surface area contributed by atoms with E-state index in [4.69, 9.17) is 14.5 Å². The fraction of sp³-hybridized carbons (Fsp3) is 0.862. The van der Waals surface area contributed by atoms with Gasteiger partial charge in [-0.05, 0) is 74.7 Å². The lowest BCUT2D eigenvalue weighted by molar-refractivity contribution is -0.237. The fourth-order valence-corrected chi connectivity index (χ4v) is 9.61. The van der Waals surface area contributed by atoms with Crippen LogP contribution >= 0.6 is 0 Å². The highest BCUT2D eigenvalue weighted by atomic mass is 16.5. The molecule has 0 radical (unpaired) electrons. The highest BCUT2D eigenvalue weighted by Crippen LogP contribution is 2.70. The molecule has 37 heavy (non-hydrogen) atoms. The van der Waals surface area contributed by atoms with Crippen LogP contribution in [0.4, 0.5) is 0 Å². The standard InChI is InChI=1S/C29H44N2O6/c1-26-6-3-23-24(29(26,35)9-5-22(26)20-16-25(33)37-18-20)4-8-28(34)17-21(32)2-7-27(23,28)19-30-10-11-31-12-14-36-15-13-31/h16,19,21-24,32,34-35H,2-15,17-18H2,1H3/t21-,22+,23-,24+,26-,27+,28-,29+/m1/s1. The van der Waals surface area contributed by atoms with Crippen LogP contribution in [0.15, 0.2) is 16.6 Å². The minimum Gasteiger partial charge on any atom is -0.458 e. The van der Waals surface area contributed by atoms with Crippen LogP contribution in [0.2, 0.25) is 0 Å². The van der Waals surface area contributed by atoms with Gasteiger partial charge in [0.2, 0.25) is 0 Å². The number of carbonyl (C=O) groups is 1. The zero-order valence-corrected chi connectivity index (χ0v) is 22.2. The minimum atomic E-state index is -0.995. The predicted molar refractivity (Wildman–Crippen MR) is 138 cm³/mol. The topological polar surface area (TPSA) is 112 Å². The predicted octanol–water partition coefficient (Wildman–Crippen LogP) is 2.10. The van der Waals surface area contributed by atoms with Crippen LogP contribution < -0.4 is 0 Å². The van der Waals surface area contributed by atoms with Gasteiger partial charge in [-0.15, -0.1) is 0 Å². The van der Waals surface area contributed by atoms with E-state index in [2.05, 4.69) is 18.0 Å². The Labute approximate surface area is 220 Å². The summed E-state index contributed by atoms with van der Waals surface area (Å²) >= 11 is 0. The monoisotopic (exact) mass is 516 g/mol. The molecule has 0 aromatic heterocycles. The van der Waals surface area contributed by atoms with Crippen molar-refractivity contribution in [2.75, 3.05) is 46.0 Å². The Hall–Kier alpha value is -1.32. The second kappa shape index (κ2) is 9.40. The number of cyclic esters (lactones) is 1. The first-order chi connectivity index (χ1) is 17.7. The molecule has 0 aromatic carbocycles. The second-order valence-corrected chi connectivity index (χ2v) is 13.0. The molecule has 0 bridgehead atoms. The first kappa shape index (κ1) is 25.9. The quantitative estimate of drug-likeness (QED) is 0.379. The summed E-state index contributed by atoms with van der Waals surface area (Å²) < 4.78 is 10.7. The Kier molecular flexibility index (Phi) is 6.59. The first-order valence-electron chi connectivity index (χ1n) is 14.5. The molecule has 0 spiro atoms. The molecule has 8 atom stereocenters. The van der Waals surface area contributed by atoms with E-state index >= 15 is 0 Å². The van der Waals surface area contributed by atoms with Crippen molar-refractivity contribution >= 4 is 12.2 Å². The van der Waals surface area contributed by atoms with Crippen LogP contribution in [0.1, 0.15) is 64.7 Å². The van der Waals surface area contributed by atoms with Gasteiger partial charge in [-0.2, -0.15) is 0 Å². The number of aliphatic hydroxyl groups excluding tert-OH is 1. The maximum absolute atomic E-state index is 12.5. The van der Waals surface area contributed by atoms with E-state index in [0.717, 1.165) is 64.1 Å². The lowest BCUT2D eigenvalue weighted by Crippen LogP contribution is -2.68. The summed E-state index contributed by atoms with van der Waals surface area (Å²) in [5.74, 6) is 0.0738. The molecular weight excluding hydrogens is 472 g/mol. The van der Waals surface area contributed by atoms with Gasteiger partial charge in [-0.25, -0.2) is 4.79 Å². The van der Waals surface area contributed by atoms with Gasteiger partial charge in [0.15, 0.2) is 0 Å². The van der Waals surface area contributed by atoms with Gasteiger partial charge < -0.3 is 24.8 Å². The fourth-order valence-electron chi connectivity index (χ4n) is 9.61. The number of hydrogen-bond donors (Lipinski definition) is 3. The number of aliphatic imine (C=N–C) groups is 1. The third-order valence-corrected chi connectivity index (χ3v) is 11.6. The van der Waals surface area contributed by atoms with Crippen molar-refractivity contribution in [1.29, 1.82) is 0 Å². The Balaban J connectivity index is 1.28. The summed E-state index contributed by atoms with van der Waals surface area (Å²) in [5, 5.41) is 35.2. The Morgan fingerprint density at radius 1 is 1.08 bits per heavy atom. The van der Waals surface area contributed by atoms with Gasteiger partial charge >= 0.3 is 5.97 Å². The number of carbonyl (C=O) groups excluding carboxylic acids is 1. The third-order valence-electron chi connectivity index (χ3n) is 11.6. The lowest BCUT2D eigenvalue weighted by atomic mass is 9.41. The highest BCUT2D eigenvalue weighted by molar-refractivity contribution is 5.85. The van der Waals surface area contributed by atoms with E-state index in [1.165, 1.54) is 0 Å². The van der Waals surface area contributed by atoms with Gasteiger partial charge in [-0.3, -0.25) is 9.89 Å². The van der Waals surface area contributed by atoms with Gasteiger partial charge in [0.25, 0.3) is 0 Å². The maximum Gasteiger partial charge on any atom is 0.331 e. The molecule has 0 amide bonds. The molecule has 2 heterocycles. The van der Waals surface area contributed by atoms with Crippen molar-refractivity contribution in [3.05, 3.63) is 11.6 Å². The van der Waals surface area contributed by atoms with Gasteiger partial charge in [0.1, 0.15) is 6.61 Å². The van der Waals surface area contributed by atoms with E-state index < -0.39 is 22.7 Å². The molecule has 0 unspecified atom stereocenters. The summed E-state index contributed by atoms with van der Waals surface area (Å²) in [6.07, 6.45) is 9.65. The van der Waals surface area contributed by atoms with Crippen molar-refractivity contribution in [3.8, 4) is 0 Å². The Bertz CT molecular complexity index is 964. The molecule has 6 aliphatic rings. The molecule has 1 saturated heterocycles. The van der Waals surface area contributed by atoms with Crippen molar-refractivity contribution in [2.45, 2.75) is 82.0 Å².